The van der Waals surface area contributed by atoms with Gasteiger partial charge < -0.3 is 14.5 Å². The van der Waals surface area contributed by atoms with Crippen molar-refractivity contribution in [2.45, 2.75) is 17.8 Å². The van der Waals surface area contributed by atoms with Crippen LogP contribution in [0.15, 0.2) is 59.3 Å². The number of pyridine rings is 1. The predicted octanol–water partition coefficient (Wildman–Crippen LogP) is 4.65. The fourth-order valence-corrected chi connectivity index (χ4v) is 5.89. The highest BCUT2D eigenvalue weighted by atomic mass is 35.5. The van der Waals surface area contributed by atoms with E-state index in [1.54, 1.807) is 34.5 Å². The number of benzene rings is 1. The zero-order chi connectivity index (χ0) is 26.5. The largest absolute Gasteiger partial charge is 0.450 e. The van der Waals surface area contributed by atoms with E-state index in [-0.39, 0.29) is 12.0 Å². The number of thioether (sulfide) groups is 1. The fraction of sp³-hybridized carbons (Fsp3) is 0.280. The van der Waals surface area contributed by atoms with Gasteiger partial charge in [-0.05, 0) is 37.3 Å². The van der Waals surface area contributed by atoms with E-state index in [1.165, 1.54) is 23.1 Å². The van der Waals surface area contributed by atoms with Crippen molar-refractivity contribution in [3.05, 3.63) is 69.9 Å². The lowest BCUT2D eigenvalue weighted by Crippen LogP contribution is -2.50. The molecule has 2 amide bonds. The van der Waals surface area contributed by atoms with E-state index >= 15 is 0 Å². The average molecular weight is 570 g/mol. The molecule has 0 radical (unpaired) electrons. The van der Waals surface area contributed by atoms with Gasteiger partial charge in [-0.25, -0.2) is 9.78 Å². The molecule has 1 saturated heterocycles. The van der Waals surface area contributed by atoms with Crippen LogP contribution in [0, 0.1) is 0 Å². The number of amides is 2. The van der Waals surface area contributed by atoms with Gasteiger partial charge >= 0.3 is 6.09 Å². The maximum absolute atomic E-state index is 13.0. The van der Waals surface area contributed by atoms with Crippen LogP contribution in [-0.2, 0) is 10.5 Å². The molecule has 5 rings (SSSR count). The Morgan fingerprint density at radius 2 is 1.92 bits per heavy atom. The molecule has 0 aliphatic carbocycles. The smallest absolute Gasteiger partial charge is 0.409 e. The Bertz CT molecular complexity index is 1420. The zero-order valence-electron chi connectivity index (χ0n) is 20.5. The lowest BCUT2D eigenvalue weighted by Gasteiger charge is -2.33. The normalized spacial score (nSPS) is 13.5. The summed E-state index contributed by atoms with van der Waals surface area (Å²) in [6.07, 6.45) is 3.11. The Labute approximate surface area is 232 Å². The summed E-state index contributed by atoms with van der Waals surface area (Å²) in [5, 5.41) is 12.7. The number of carbonyl (C=O) groups excluding carboxylic acids is 2. The third kappa shape index (κ3) is 5.82. The molecule has 0 spiro atoms. The van der Waals surface area contributed by atoms with E-state index in [1.807, 2.05) is 41.0 Å². The second-order valence-corrected chi connectivity index (χ2v) is 10.6. The average Bonchev–Trinajstić information content (AvgIpc) is 3.60. The highest BCUT2D eigenvalue weighted by Crippen LogP contribution is 2.31. The number of piperazine rings is 1. The van der Waals surface area contributed by atoms with Crippen molar-refractivity contribution in [1.82, 2.24) is 34.5 Å². The van der Waals surface area contributed by atoms with Gasteiger partial charge in [0.25, 0.3) is 5.91 Å². The molecule has 4 heterocycles. The van der Waals surface area contributed by atoms with Crippen molar-refractivity contribution >= 4 is 46.7 Å². The second kappa shape index (κ2) is 11.9. The third-order valence-electron chi connectivity index (χ3n) is 5.81. The van der Waals surface area contributed by atoms with Gasteiger partial charge in [0.1, 0.15) is 10.7 Å². The van der Waals surface area contributed by atoms with Gasteiger partial charge in [-0.15, -0.1) is 21.5 Å². The Balaban J connectivity index is 1.28. The fourth-order valence-electron chi connectivity index (χ4n) is 3.96. The van der Waals surface area contributed by atoms with E-state index in [2.05, 4.69) is 20.2 Å². The van der Waals surface area contributed by atoms with Crippen molar-refractivity contribution in [3.8, 4) is 17.1 Å². The van der Waals surface area contributed by atoms with Gasteiger partial charge in [0.05, 0.1) is 18.0 Å². The molecule has 0 saturated carbocycles. The van der Waals surface area contributed by atoms with E-state index < -0.39 is 0 Å². The number of thiazole rings is 1. The first-order chi connectivity index (χ1) is 18.5. The minimum absolute atomic E-state index is 0.137. The third-order valence-corrected chi connectivity index (χ3v) is 8.01. The van der Waals surface area contributed by atoms with Crippen LogP contribution >= 0.6 is 34.7 Å². The monoisotopic (exact) mass is 569 g/mol. The van der Waals surface area contributed by atoms with Gasteiger partial charge in [0.2, 0.25) is 0 Å². The number of hydrogen-bond acceptors (Lipinski definition) is 9. The summed E-state index contributed by atoms with van der Waals surface area (Å²) in [5.41, 5.74) is 2.07. The Morgan fingerprint density at radius 1 is 1.11 bits per heavy atom. The summed E-state index contributed by atoms with van der Waals surface area (Å²) in [7, 11) is 0. The molecule has 1 aromatic carbocycles. The van der Waals surface area contributed by atoms with E-state index in [4.69, 9.17) is 16.3 Å². The molecule has 0 N–H and O–H groups in total. The zero-order valence-corrected chi connectivity index (χ0v) is 22.9. The van der Waals surface area contributed by atoms with E-state index in [9.17, 15) is 9.59 Å². The van der Waals surface area contributed by atoms with Crippen LogP contribution in [0.1, 0.15) is 22.4 Å². The van der Waals surface area contributed by atoms with Crippen LogP contribution in [-0.4, -0.2) is 79.3 Å². The number of ether oxygens (including phenoxy) is 1. The Hall–Kier alpha value is -3.48. The summed E-state index contributed by atoms with van der Waals surface area (Å²) >= 11 is 9.18. The van der Waals surface area contributed by atoms with Crippen LogP contribution < -0.4 is 0 Å². The number of carbonyl (C=O) groups is 2. The molecule has 0 unspecified atom stereocenters. The molecule has 1 aliphatic rings. The summed E-state index contributed by atoms with van der Waals surface area (Å²) in [6.45, 7) is 3.87. The first kappa shape index (κ1) is 26.1. The van der Waals surface area contributed by atoms with Crippen LogP contribution in [0.3, 0.4) is 0 Å². The SMILES string of the molecule is CCOC(=O)N1CCN(C(=O)c2csc(CSc3nnc(-c4cccnc4)n3-c3cccc(Cl)c3)n2)CC1. The Morgan fingerprint density at radius 3 is 2.66 bits per heavy atom. The summed E-state index contributed by atoms with van der Waals surface area (Å²) in [6, 6.07) is 11.3. The molecular formula is C25H24ClN7O3S2. The van der Waals surface area contributed by atoms with Crippen molar-refractivity contribution in [2.24, 2.45) is 0 Å². The minimum atomic E-state index is -0.343. The summed E-state index contributed by atoms with van der Waals surface area (Å²) in [5.74, 6) is 1.03. The first-order valence-corrected chi connectivity index (χ1v) is 14.2. The molecule has 196 valence electrons. The summed E-state index contributed by atoms with van der Waals surface area (Å²) in [4.78, 5) is 37.0. The number of aromatic nitrogens is 5. The van der Waals surface area contributed by atoms with Crippen LogP contribution in [0.4, 0.5) is 4.79 Å². The first-order valence-electron chi connectivity index (χ1n) is 11.9. The molecule has 0 bridgehead atoms. The number of rotatable bonds is 7. The molecule has 3 aromatic heterocycles. The highest BCUT2D eigenvalue weighted by molar-refractivity contribution is 7.98. The molecular weight excluding hydrogens is 546 g/mol. The number of halogens is 1. The van der Waals surface area contributed by atoms with Gasteiger partial charge in [0, 0.05) is 54.5 Å². The summed E-state index contributed by atoms with van der Waals surface area (Å²) < 4.78 is 6.99. The minimum Gasteiger partial charge on any atom is -0.450 e. The molecule has 13 heteroatoms. The molecule has 10 nitrogen and oxygen atoms in total. The lowest BCUT2D eigenvalue weighted by atomic mass is 10.2. The van der Waals surface area contributed by atoms with Crippen molar-refractivity contribution in [1.29, 1.82) is 0 Å². The predicted molar refractivity (Wildman–Crippen MR) is 146 cm³/mol. The van der Waals surface area contributed by atoms with Crippen molar-refractivity contribution in [2.75, 3.05) is 32.8 Å². The van der Waals surface area contributed by atoms with Crippen molar-refractivity contribution < 1.29 is 14.3 Å². The maximum Gasteiger partial charge on any atom is 0.409 e. The van der Waals surface area contributed by atoms with Crippen LogP contribution in [0.2, 0.25) is 5.02 Å². The van der Waals surface area contributed by atoms with Crippen LogP contribution in [0.25, 0.3) is 17.1 Å². The van der Waals surface area contributed by atoms with Gasteiger partial charge in [-0.1, -0.05) is 29.4 Å². The highest BCUT2D eigenvalue weighted by Gasteiger charge is 2.27. The molecule has 0 atom stereocenters. The van der Waals surface area contributed by atoms with E-state index in [0.29, 0.717) is 60.2 Å². The van der Waals surface area contributed by atoms with Gasteiger partial charge in [-0.3, -0.25) is 14.3 Å². The quantitative estimate of drug-likeness (QED) is 0.296. The second-order valence-electron chi connectivity index (χ2n) is 8.26. The van der Waals surface area contributed by atoms with Gasteiger partial charge in [-0.2, -0.15) is 0 Å². The molecule has 1 aliphatic heterocycles. The Kier molecular flexibility index (Phi) is 8.20. The van der Waals surface area contributed by atoms with Gasteiger partial charge in [0.15, 0.2) is 11.0 Å². The van der Waals surface area contributed by atoms with Crippen molar-refractivity contribution in [3.63, 3.8) is 0 Å². The van der Waals surface area contributed by atoms with Crippen LogP contribution in [0.5, 0.6) is 0 Å². The number of nitrogens with zero attached hydrogens (tertiary/aromatic N) is 7. The lowest BCUT2D eigenvalue weighted by molar-refractivity contribution is 0.0566. The molecule has 38 heavy (non-hydrogen) atoms. The standard InChI is InChI=1S/C25H24ClN7O3S2/c1-2-36-25(35)32-11-9-31(10-12-32)23(34)20-15-37-21(28-20)16-38-24-30-29-22(17-5-4-8-27-14-17)33(24)19-7-3-6-18(26)13-19/h3-8,13-15H,2,9-12,16H2,1H3. The molecule has 4 aromatic rings. The van der Waals surface area contributed by atoms with E-state index in [0.717, 1.165) is 16.3 Å². The molecule has 1 fully saturated rings. The maximum atomic E-state index is 13.0. The topological polar surface area (TPSA) is 106 Å². The number of hydrogen-bond donors (Lipinski definition) is 0.